The van der Waals surface area contributed by atoms with Gasteiger partial charge in [-0.25, -0.2) is 9.59 Å². The fourth-order valence-electron chi connectivity index (χ4n) is 8.22. The number of rotatable bonds is 7. The van der Waals surface area contributed by atoms with Gasteiger partial charge in [0.1, 0.15) is 17.7 Å². The fraction of sp³-hybridized carbons (Fsp3) is 0.372. The Balaban J connectivity index is 0.000000221. The third-order valence-corrected chi connectivity index (χ3v) is 11.0. The molecular formula is C43H48N2O6. The highest BCUT2D eigenvalue weighted by molar-refractivity contribution is 5.85. The van der Waals surface area contributed by atoms with Crippen LogP contribution in [0.25, 0.3) is 11.1 Å². The minimum Gasteiger partial charge on any atom is -0.480 e. The number of hydrogen-bond donors (Lipinski definition) is 4. The molecular weight excluding hydrogens is 640 g/mol. The van der Waals surface area contributed by atoms with E-state index in [1.807, 2.05) is 48.5 Å². The smallest absolute Gasteiger partial charge is 0.408 e. The van der Waals surface area contributed by atoms with Crippen LogP contribution in [0.1, 0.15) is 103 Å². The van der Waals surface area contributed by atoms with E-state index in [9.17, 15) is 24.6 Å². The van der Waals surface area contributed by atoms with E-state index in [1.54, 1.807) is 0 Å². The van der Waals surface area contributed by atoms with Crippen LogP contribution in [-0.2, 0) is 40.0 Å². The third-order valence-electron chi connectivity index (χ3n) is 11.0. The number of nitrogens with one attached hydrogen (secondary N) is 1. The number of benzene rings is 4. The Labute approximate surface area is 300 Å². The summed E-state index contributed by atoms with van der Waals surface area (Å²) in [6.07, 6.45) is 2.25. The first-order valence-corrected chi connectivity index (χ1v) is 17.9. The number of carbonyl (C=O) groups is 3. The Hall–Kier alpha value is -4.95. The van der Waals surface area contributed by atoms with Crippen molar-refractivity contribution in [2.75, 3.05) is 6.61 Å². The summed E-state index contributed by atoms with van der Waals surface area (Å²) in [5, 5.41) is 22.0. The molecule has 0 spiro atoms. The Morgan fingerprint density at radius 2 is 1.24 bits per heavy atom. The standard InChI is InChI=1S/C29H29NO4.C14H19NO2/c1-18(2)20-13-7-8-19-16-29(27(31)32,15-14-21(19)20)30-28(33)34-17-26-24-11-5-3-9-22(24)23-10-4-6-12-25(23)26;1-9(2)11-5-3-4-10-8-14(15,13(16)17)7-6-12(10)11/h3-13,18,26H,14-17H2,1-2H3,(H,30,33)(H,31,32);3-5,9H,6-8,15H2,1-2H3,(H,16,17). The molecule has 1 amide bonds. The summed E-state index contributed by atoms with van der Waals surface area (Å²) >= 11 is 0. The largest absolute Gasteiger partial charge is 0.480 e. The van der Waals surface area contributed by atoms with Gasteiger partial charge in [-0.1, -0.05) is 113 Å². The average molecular weight is 689 g/mol. The molecule has 8 nitrogen and oxygen atoms in total. The molecule has 3 aliphatic carbocycles. The van der Waals surface area contributed by atoms with Crippen molar-refractivity contribution in [2.24, 2.45) is 5.73 Å². The van der Waals surface area contributed by atoms with E-state index in [1.165, 1.54) is 22.3 Å². The number of amides is 1. The molecule has 51 heavy (non-hydrogen) atoms. The molecule has 266 valence electrons. The summed E-state index contributed by atoms with van der Waals surface area (Å²) in [5.41, 5.74) is 15.2. The monoisotopic (exact) mass is 688 g/mol. The van der Waals surface area contributed by atoms with Crippen LogP contribution in [-0.4, -0.2) is 45.9 Å². The quantitative estimate of drug-likeness (QED) is 0.156. The predicted molar refractivity (Wildman–Crippen MR) is 198 cm³/mol. The van der Waals surface area contributed by atoms with Gasteiger partial charge in [0, 0.05) is 18.8 Å². The van der Waals surface area contributed by atoms with E-state index in [2.05, 4.69) is 69.4 Å². The van der Waals surface area contributed by atoms with E-state index in [0.29, 0.717) is 37.5 Å². The van der Waals surface area contributed by atoms with Gasteiger partial charge in [-0.05, 0) is 93.2 Å². The number of fused-ring (bicyclic) bond motifs is 5. The summed E-state index contributed by atoms with van der Waals surface area (Å²) in [6.45, 7) is 8.77. The Kier molecular flexibility index (Phi) is 10.1. The van der Waals surface area contributed by atoms with Gasteiger partial charge in [-0.3, -0.25) is 4.79 Å². The average Bonchev–Trinajstić information content (AvgIpc) is 3.43. The highest BCUT2D eigenvalue weighted by atomic mass is 16.5. The zero-order valence-corrected chi connectivity index (χ0v) is 29.9. The van der Waals surface area contributed by atoms with Gasteiger partial charge in [-0.2, -0.15) is 0 Å². The van der Waals surface area contributed by atoms with E-state index in [0.717, 1.165) is 39.8 Å². The lowest BCUT2D eigenvalue weighted by molar-refractivity contribution is -0.145. The molecule has 0 fully saturated rings. The van der Waals surface area contributed by atoms with Crippen LogP contribution in [0.2, 0.25) is 0 Å². The second-order valence-electron chi connectivity index (χ2n) is 14.9. The van der Waals surface area contributed by atoms with Crippen LogP contribution < -0.4 is 11.1 Å². The first kappa shape index (κ1) is 35.9. The van der Waals surface area contributed by atoms with Gasteiger partial charge < -0.3 is 26.0 Å². The highest BCUT2D eigenvalue weighted by Gasteiger charge is 2.44. The van der Waals surface area contributed by atoms with Crippen molar-refractivity contribution in [3.63, 3.8) is 0 Å². The van der Waals surface area contributed by atoms with Crippen LogP contribution in [0.4, 0.5) is 4.79 Å². The maximum Gasteiger partial charge on any atom is 0.408 e. The fourth-order valence-corrected chi connectivity index (χ4v) is 8.22. The van der Waals surface area contributed by atoms with Crippen molar-refractivity contribution < 1.29 is 29.3 Å². The van der Waals surface area contributed by atoms with E-state index in [4.69, 9.17) is 10.5 Å². The van der Waals surface area contributed by atoms with Crippen LogP contribution >= 0.6 is 0 Å². The van der Waals surface area contributed by atoms with Gasteiger partial charge in [0.15, 0.2) is 0 Å². The summed E-state index contributed by atoms with van der Waals surface area (Å²) in [5.74, 6) is -1.15. The topological polar surface area (TPSA) is 139 Å². The lowest BCUT2D eigenvalue weighted by Crippen LogP contribution is -2.58. The maximum absolute atomic E-state index is 12.9. The lowest BCUT2D eigenvalue weighted by Gasteiger charge is -2.36. The second-order valence-corrected chi connectivity index (χ2v) is 14.9. The molecule has 4 aromatic rings. The summed E-state index contributed by atoms with van der Waals surface area (Å²) in [6, 6.07) is 28.5. The first-order valence-electron chi connectivity index (χ1n) is 17.9. The molecule has 0 saturated carbocycles. The number of hydrogen-bond acceptors (Lipinski definition) is 5. The number of carboxylic acids is 2. The van der Waals surface area contributed by atoms with Gasteiger partial charge >= 0.3 is 18.0 Å². The zero-order chi connectivity index (χ0) is 36.5. The van der Waals surface area contributed by atoms with Gasteiger partial charge in [0.2, 0.25) is 0 Å². The molecule has 3 aliphatic rings. The van der Waals surface area contributed by atoms with Gasteiger partial charge in [-0.15, -0.1) is 0 Å². The summed E-state index contributed by atoms with van der Waals surface area (Å²) in [7, 11) is 0. The molecule has 7 rings (SSSR count). The normalized spacial score (nSPS) is 20.3. The SMILES string of the molecule is CC(C)c1cccc2c1CCC(N)(C(=O)O)C2.CC(C)c1cccc2c1CCC(NC(=O)OCC1c3ccccc3-c3ccccc31)(C(=O)O)C2. The van der Waals surface area contributed by atoms with Crippen molar-refractivity contribution >= 4 is 18.0 Å². The molecule has 4 aromatic carbocycles. The van der Waals surface area contributed by atoms with Crippen LogP contribution in [0, 0.1) is 0 Å². The van der Waals surface area contributed by atoms with Crippen molar-refractivity contribution in [3.8, 4) is 11.1 Å². The molecule has 0 saturated heterocycles. The Morgan fingerprint density at radius 3 is 1.75 bits per heavy atom. The number of carbonyl (C=O) groups excluding carboxylic acids is 1. The van der Waals surface area contributed by atoms with Crippen molar-refractivity contribution in [1.82, 2.24) is 5.32 Å². The van der Waals surface area contributed by atoms with E-state index >= 15 is 0 Å². The second kappa shape index (κ2) is 14.3. The van der Waals surface area contributed by atoms with Gasteiger partial charge in [0.05, 0.1) is 0 Å². The molecule has 0 bridgehead atoms. The minimum atomic E-state index is -1.37. The number of ether oxygens (including phenoxy) is 1. The van der Waals surface area contributed by atoms with Crippen LogP contribution in [0.3, 0.4) is 0 Å². The number of carboxylic acid groups (broad SMARTS) is 2. The first-order chi connectivity index (χ1) is 24.3. The van der Waals surface area contributed by atoms with Gasteiger partial charge in [0.25, 0.3) is 0 Å². The molecule has 0 radical (unpaired) electrons. The maximum atomic E-state index is 12.9. The van der Waals surface area contributed by atoms with Crippen molar-refractivity contribution in [1.29, 1.82) is 0 Å². The Morgan fingerprint density at radius 1 is 0.725 bits per heavy atom. The molecule has 2 unspecified atom stereocenters. The molecule has 5 N–H and O–H groups in total. The molecule has 2 atom stereocenters. The van der Waals surface area contributed by atoms with Crippen molar-refractivity contribution in [3.05, 3.63) is 129 Å². The van der Waals surface area contributed by atoms with E-state index in [-0.39, 0.29) is 18.9 Å². The van der Waals surface area contributed by atoms with Crippen LogP contribution in [0.5, 0.6) is 0 Å². The minimum absolute atomic E-state index is 0.0698. The summed E-state index contributed by atoms with van der Waals surface area (Å²) < 4.78 is 5.65. The van der Waals surface area contributed by atoms with Crippen LogP contribution in [0.15, 0.2) is 84.9 Å². The lowest BCUT2D eigenvalue weighted by atomic mass is 9.75. The summed E-state index contributed by atoms with van der Waals surface area (Å²) in [4.78, 5) is 36.4. The predicted octanol–water partition coefficient (Wildman–Crippen LogP) is 7.74. The molecule has 0 aliphatic heterocycles. The highest BCUT2D eigenvalue weighted by Crippen LogP contribution is 2.44. The molecule has 0 heterocycles. The van der Waals surface area contributed by atoms with E-state index < -0.39 is 29.1 Å². The third kappa shape index (κ3) is 7.02. The van der Waals surface area contributed by atoms with Crippen molar-refractivity contribution in [2.45, 2.75) is 95.1 Å². The number of aliphatic carboxylic acids is 2. The number of nitrogens with two attached hydrogens (primary N) is 1. The zero-order valence-electron chi connectivity index (χ0n) is 29.9. The molecule has 8 heteroatoms. The molecule has 0 aromatic heterocycles. The number of alkyl carbamates (subject to hydrolysis) is 1. The Bertz CT molecular complexity index is 1920.